The van der Waals surface area contributed by atoms with Crippen LogP contribution >= 0.6 is 0 Å². The fourth-order valence-electron chi connectivity index (χ4n) is 2.56. The molecule has 0 aromatic heterocycles. The summed E-state index contributed by atoms with van der Waals surface area (Å²) in [6, 6.07) is 24.2. The normalized spacial score (nSPS) is 10.2. The van der Waals surface area contributed by atoms with E-state index in [0.29, 0.717) is 24.7 Å². The van der Waals surface area contributed by atoms with Crippen molar-refractivity contribution in [1.82, 2.24) is 0 Å². The lowest BCUT2D eigenvalue weighted by Gasteiger charge is -2.11. The number of carbonyl (C=O) groups excluding carboxylic acids is 1. The zero-order valence-corrected chi connectivity index (χ0v) is 16.3. The summed E-state index contributed by atoms with van der Waals surface area (Å²) in [5.41, 5.74) is 1.51. The first-order chi connectivity index (χ1) is 14.2. The molecule has 3 aromatic rings. The molecule has 3 aromatic carbocycles. The standard InChI is InChI=1S/C23H24N2O4/c1-27-14-15-28-22-9-5-6-19(16-22)24-17-23(26)25-18-10-12-21(13-11-18)29-20-7-3-2-4-8-20/h2-13,16,24H,14-15,17H2,1H3,(H,25,26). The van der Waals surface area contributed by atoms with Crippen molar-refractivity contribution >= 4 is 17.3 Å². The Hall–Kier alpha value is -3.51. The van der Waals surface area contributed by atoms with Crippen LogP contribution in [0.1, 0.15) is 0 Å². The first-order valence-corrected chi connectivity index (χ1v) is 9.31. The molecular weight excluding hydrogens is 368 g/mol. The van der Waals surface area contributed by atoms with Crippen LogP contribution in [0.2, 0.25) is 0 Å². The zero-order chi connectivity index (χ0) is 20.3. The van der Waals surface area contributed by atoms with Crippen molar-refractivity contribution < 1.29 is 19.0 Å². The van der Waals surface area contributed by atoms with Gasteiger partial charge >= 0.3 is 0 Å². The van der Waals surface area contributed by atoms with E-state index in [1.54, 1.807) is 19.2 Å². The Balaban J connectivity index is 1.46. The van der Waals surface area contributed by atoms with Crippen LogP contribution in [0.5, 0.6) is 17.2 Å². The number of amides is 1. The molecule has 0 aliphatic heterocycles. The van der Waals surface area contributed by atoms with Gasteiger partial charge in [-0.1, -0.05) is 24.3 Å². The second kappa shape index (κ2) is 10.7. The van der Waals surface area contributed by atoms with E-state index >= 15 is 0 Å². The van der Waals surface area contributed by atoms with Gasteiger partial charge in [0.2, 0.25) is 5.91 Å². The summed E-state index contributed by atoms with van der Waals surface area (Å²) < 4.78 is 16.3. The van der Waals surface area contributed by atoms with Gasteiger partial charge in [0.1, 0.15) is 23.9 Å². The van der Waals surface area contributed by atoms with E-state index in [9.17, 15) is 4.79 Å². The molecule has 1 amide bonds. The number of nitrogens with one attached hydrogen (secondary N) is 2. The van der Waals surface area contributed by atoms with Crippen molar-refractivity contribution in [2.24, 2.45) is 0 Å². The van der Waals surface area contributed by atoms with Crippen LogP contribution in [0.4, 0.5) is 11.4 Å². The van der Waals surface area contributed by atoms with Gasteiger partial charge in [-0.15, -0.1) is 0 Å². The highest BCUT2D eigenvalue weighted by molar-refractivity contribution is 5.93. The summed E-state index contributed by atoms with van der Waals surface area (Å²) in [5.74, 6) is 2.05. The lowest BCUT2D eigenvalue weighted by molar-refractivity contribution is -0.114. The van der Waals surface area contributed by atoms with Crippen molar-refractivity contribution in [3.63, 3.8) is 0 Å². The predicted molar refractivity (Wildman–Crippen MR) is 114 cm³/mol. The van der Waals surface area contributed by atoms with Crippen LogP contribution in [0.15, 0.2) is 78.9 Å². The second-order valence-electron chi connectivity index (χ2n) is 6.21. The summed E-state index contributed by atoms with van der Waals surface area (Å²) in [4.78, 5) is 12.2. The summed E-state index contributed by atoms with van der Waals surface area (Å²) in [7, 11) is 1.63. The maximum atomic E-state index is 12.2. The highest BCUT2D eigenvalue weighted by atomic mass is 16.5. The minimum Gasteiger partial charge on any atom is -0.491 e. The van der Waals surface area contributed by atoms with E-state index in [4.69, 9.17) is 14.2 Å². The second-order valence-corrected chi connectivity index (χ2v) is 6.21. The molecule has 3 rings (SSSR count). The number of anilines is 2. The summed E-state index contributed by atoms with van der Waals surface area (Å²) in [6.45, 7) is 1.14. The lowest BCUT2D eigenvalue weighted by Crippen LogP contribution is -2.21. The van der Waals surface area contributed by atoms with Crippen LogP contribution in [0.3, 0.4) is 0 Å². The van der Waals surface area contributed by atoms with Crippen molar-refractivity contribution in [1.29, 1.82) is 0 Å². The first kappa shape index (κ1) is 20.2. The molecule has 0 bridgehead atoms. The number of ether oxygens (including phenoxy) is 3. The highest BCUT2D eigenvalue weighted by Gasteiger charge is 2.04. The van der Waals surface area contributed by atoms with Crippen molar-refractivity contribution in [2.75, 3.05) is 37.5 Å². The van der Waals surface area contributed by atoms with Crippen LogP contribution in [0.25, 0.3) is 0 Å². The van der Waals surface area contributed by atoms with Gasteiger partial charge in [0.15, 0.2) is 0 Å². The molecule has 0 aliphatic carbocycles. The average molecular weight is 392 g/mol. The van der Waals surface area contributed by atoms with Crippen molar-refractivity contribution in [3.05, 3.63) is 78.9 Å². The molecule has 0 heterocycles. The molecular formula is C23H24N2O4. The predicted octanol–water partition coefficient (Wildman–Crippen LogP) is 4.55. The molecule has 2 N–H and O–H groups in total. The quantitative estimate of drug-likeness (QED) is 0.495. The van der Waals surface area contributed by atoms with Gasteiger partial charge in [-0.05, 0) is 48.5 Å². The fourth-order valence-corrected chi connectivity index (χ4v) is 2.56. The molecule has 0 unspecified atom stereocenters. The molecule has 29 heavy (non-hydrogen) atoms. The van der Waals surface area contributed by atoms with Gasteiger partial charge in [-0.2, -0.15) is 0 Å². The first-order valence-electron chi connectivity index (χ1n) is 9.31. The summed E-state index contributed by atoms with van der Waals surface area (Å²) in [6.07, 6.45) is 0. The Morgan fingerprint density at radius 2 is 1.52 bits per heavy atom. The summed E-state index contributed by atoms with van der Waals surface area (Å²) in [5, 5.41) is 5.95. The summed E-state index contributed by atoms with van der Waals surface area (Å²) >= 11 is 0. The van der Waals surface area contributed by atoms with Crippen LogP contribution in [0, 0.1) is 0 Å². The van der Waals surface area contributed by atoms with Gasteiger partial charge in [0.05, 0.1) is 13.2 Å². The number of rotatable bonds is 10. The smallest absolute Gasteiger partial charge is 0.243 e. The topological polar surface area (TPSA) is 68.8 Å². The van der Waals surface area contributed by atoms with Gasteiger partial charge < -0.3 is 24.8 Å². The van der Waals surface area contributed by atoms with E-state index in [-0.39, 0.29) is 12.5 Å². The largest absolute Gasteiger partial charge is 0.491 e. The van der Waals surface area contributed by atoms with E-state index < -0.39 is 0 Å². The van der Waals surface area contributed by atoms with Gasteiger partial charge in [-0.25, -0.2) is 0 Å². The van der Waals surface area contributed by atoms with E-state index in [1.807, 2.05) is 66.7 Å². The number of methoxy groups -OCH3 is 1. The van der Waals surface area contributed by atoms with E-state index in [0.717, 1.165) is 17.2 Å². The Bertz CT molecular complexity index is 898. The van der Waals surface area contributed by atoms with Crippen LogP contribution in [-0.4, -0.2) is 32.8 Å². The Kier molecular flexibility index (Phi) is 7.48. The van der Waals surface area contributed by atoms with Crippen LogP contribution in [-0.2, 0) is 9.53 Å². The van der Waals surface area contributed by atoms with Crippen molar-refractivity contribution in [3.8, 4) is 17.2 Å². The average Bonchev–Trinajstić information content (AvgIpc) is 2.75. The molecule has 150 valence electrons. The third-order valence-electron chi connectivity index (χ3n) is 3.96. The molecule has 0 spiro atoms. The minimum atomic E-state index is -0.146. The van der Waals surface area contributed by atoms with E-state index in [1.165, 1.54) is 0 Å². The monoisotopic (exact) mass is 392 g/mol. The maximum Gasteiger partial charge on any atom is 0.243 e. The third-order valence-corrected chi connectivity index (χ3v) is 3.96. The molecule has 0 atom stereocenters. The molecule has 6 nitrogen and oxygen atoms in total. The number of carbonyl (C=O) groups is 1. The molecule has 0 saturated heterocycles. The lowest BCUT2D eigenvalue weighted by atomic mass is 10.3. The fraction of sp³-hybridized carbons (Fsp3) is 0.174. The molecule has 0 saturated carbocycles. The molecule has 0 fully saturated rings. The molecule has 0 radical (unpaired) electrons. The Morgan fingerprint density at radius 3 is 2.28 bits per heavy atom. The highest BCUT2D eigenvalue weighted by Crippen LogP contribution is 2.22. The SMILES string of the molecule is COCCOc1cccc(NCC(=O)Nc2ccc(Oc3ccccc3)cc2)c1. The van der Waals surface area contributed by atoms with Gasteiger partial charge in [0, 0.05) is 24.6 Å². The Morgan fingerprint density at radius 1 is 0.793 bits per heavy atom. The van der Waals surface area contributed by atoms with E-state index in [2.05, 4.69) is 10.6 Å². The van der Waals surface area contributed by atoms with Crippen molar-refractivity contribution in [2.45, 2.75) is 0 Å². The van der Waals surface area contributed by atoms with Gasteiger partial charge in [-0.3, -0.25) is 4.79 Å². The number of hydrogen-bond acceptors (Lipinski definition) is 5. The van der Waals surface area contributed by atoms with Crippen LogP contribution < -0.4 is 20.1 Å². The number of hydrogen-bond donors (Lipinski definition) is 2. The minimum absolute atomic E-state index is 0.143. The third kappa shape index (κ3) is 6.86. The van der Waals surface area contributed by atoms with Gasteiger partial charge in [0.25, 0.3) is 0 Å². The number of para-hydroxylation sites is 1. The number of benzene rings is 3. The Labute approximate surface area is 170 Å². The molecule has 0 aliphatic rings. The maximum absolute atomic E-state index is 12.2. The molecule has 6 heteroatoms. The zero-order valence-electron chi connectivity index (χ0n) is 16.3.